The Hall–Kier alpha value is -5.07. The predicted molar refractivity (Wildman–Crippen MR) is 207 cm³/mol. The molecule has 16 heteroatoms. The van der Waals surface area contributed by atoms with E-state index in [2.05, 4.69) is 0 Å². The predicted octanol–water partition coefficient (Wildman–Crippen LogP) is 1.45. The number of nitrogens with two attached hydrogens (primary N) is 3. The van der Waals surface area contributed by atoms with Gasteiger partial charge in [0.25, 0.3) is 0 Å². The van der Waals surface area contributed by atoms with Crippen LogP contribution in [0.3, 0.4) is 0 Å². The average molecular weight is 803 g/mol. The smallest absolute Gasteiger partial charge is 0.246 e. The van der Waals surface area contributed by atoms with Crippen molar-refractivity contribution in [1.29, 1.82) is 0 Å². The zero-order valence-electron chi connectivity index (χ0n) is 32.6. The number of imide groups is 1. The van der Waals surface area contributed by atoms with Crippen molar-refractivity contribution < 1.29 is 58.6 Å². The molecule has 1 saturated heterocycles. The number of phenolic OH excluding ortho intramolecular Hbond substituents is 2. The number of methoxy groups -OCH3 is 1. The molecule has 2 aliphatic carbocycles. The molecule has 3 aromatic carbocycles. The maximum absolute atomic E-state index is 14.2. The SMILES string of the molecule is COc1cccc2c1C(=O)c1c(O)c3c(c(O)c1C2=O)C[C@@](O)(C(C)=O)C[C@@H]3OC1CC(N(C(=O)[C@@H](N)CCCCN)C(=O)[C@@H](N)Cc2ccccc2)C(O)C(C)O1. The summed E-state index contributed by atoms with van der Waals surface area (Å²) in [5, 5.41) is 46.8. The lowest BCUT2D eigenvalue weighted by Gasteiger charge is -2.45. The summed E-state index contributed by atoms with van der Waals surface area (Å²) in [4.78, 5) is 70.1. The number of aliphatic hydroxyl groups is 2. The van der Waals surface area contributed by atoms with Gasteiger partial charge >= 0.3 is 0 Å². The molecule has 310 valence electrons. The number of amides is 2. The molecule has 16 nitrogen and oxygen atoms in total. The second kappa shape index (κ2) is 17.0. The number of unbranched alkanes of at least 4 members (excludes halogenated alkanes) is 1. The number of ether oxygens (including phenoxy) is 3. The number of fused-ring (bicyclic) bond motifs is 3. The van der Waals surface area contributed by atoms with Gasteiger partial charge in [-0.25, -0.2) is 0 Å². The van der Waals surface area contributed by atoms with Crippen LogP contribution in [0.2, 0.25) is 0 Å². The third-order valence-electron chi connectivity index (χ3n) is 11.4. The maximum Gasteiger partial charge on any atom is 0.246 e. The molecule has 58 heavy (non-hydrogen) atoms. The molecule has 0 radical (unpaired) electrons. The summed E-state index contributed by atoms with van der Waals surface area (Å²) in [6, 6.07) is 9.57. The first-order valence-electron chi connectivity index (χ1n) is 19.3. The molecular formula is C42H50N4O12. The summed E-state index contributed by atoms with van der Waals surface area (Å²) in [7, 11) is 1.31. The molecule has 0 aromatic heterocycles. The Bertz CT molecular complexity index is 2110. The fourth-order valence-corrected chi connectivity index (χ4v) is 8.24. The van der Waals surface area contributed by atoms with Crippen LogP contribution in [0.5, 0.6) is 17.2 Å². The van der Waals surface area contributed by atoms with Gasteiger partial charge in [0.15, 0.2) is 17.9 Å². The van der Waals surface area contributed by atoms with E-state index in [1.54, 1.807) is 30.3 Å². The topological polar surface area (TPSA) is 275 Å². The molecule has 1 heterocycles. The minimum Gasteiger partial charge on any atom is -0.507 e. The van der Waals surface area contributed by atoms with E-state index in [9.17, 15) is 44.4 Å². The van der Waals surface area contributed by atoms with Crippen molar-refractivity contribution in [3.8, 4) is 17.2 Å². The number of aromatic hydroxyl groups is 2. The molecule has 3 aromatic rings. The minimum atomic E-state index is -2.18. The van der Waals surface area contributed by atoms with Gasteiger partial charge in [-0.2, -0.15) is 0 Å². The molecule has 0 bridgehead atoms. The second-order valence-electron chi connectivity index (χ2n) is 15.3. The van der Waals surface area contributed by atoms with Gasteiger partial charge in [0.05, 0.1) is 54.1 Å². The van der Waals surface area contributed by atoms with Gasteiger partial charge in [0.1, 0.15) is 29.0 Å². The van der Waals surface area contributed by atoms with E-state index in [0.29, 0.717) is 19.4 Å². The number of benzene rings is 3. The first-order valence-corrected chi connectivity index (χ1v) is 19.3. The number of phenols is 2. The number of hydrogen-bond acceptors (Lipinski definition) is 15. The highest BCUT2D eigenvalue weighted by atomic mass is 16.7. The number of hydrogen-bond donors (Lipinski definition) is 7. The van der Waals surface area contributed by atoms with Gasteiger partial charge in [0.2, 0.25) is 17.6 Å². The van der Waals surface area contributed by atoms with E-state index in [1.165, 1.54) is 32.2 Å². The molecule has 10 N–H and O–H groups in total. The Morgan fingerprint density at radius 2 is 1.62 bits per heavy atom. The van der Waals surface area contributed by atoms with Crippen LogP contribution >= 0.6 is 0 Å². The maximum atomic E-state index is 14.2. The highest BCUT2D eigenvalue weighted by Crippen LogP contribution is 2.52. The van der Waals surface area contributed by atoms with Gasteiger partial charge in [-0.3, -0.25) is 28.9 Å². The standard InChI is InChI=1S/C42H50N4O12/c1-20-35(48)27(46(40(53)25(44)13-7-8-15-43)41(54)26(45)16-22-10-5-4-6-11-22)17-30(57-20)58-29-19-42(55,21(2)47)18-24-32(29)39(52)34-33(37(24)50)36(49)23-12-9-14-28(56-3)31(23)38(34)51/h4-6,9-12,14,20,25-27,29-30,35,48,50,52,55H,7-8,13,15-19,43-45H2,1-3H3/t20?,25-,26-,27?,29-,30?,35?,42-/m0/s1. The van der Waals surface area contributed by atoms with Gasteiger partial charge in [-0.05, 0) is 51.3 Å². The third kappa shape index (κ3) is 7.76. The van der Waals surface area contributed by atoms with Gasteiger partial charge in [-0.15, -0.1) is 0 Å². The van der Waals surface area contributed by atoms with Crippen LogP contribution in [0.15, 0.2) is 48.5 Å². The molecule has 0 saturated carbocycles. The number of carbonyl (C=O) groups is 5. The van der Waals surface area contributed by atoms with E-state index < -0.39 is 113 Å². The van der Waals surface area contributed by atoms with Crippen LogP contribution in [0, 0.1) is 0 Å². The van der Waals surface area contributed by atoms with Crippen molar-refractivity contribution in [2.45, 2.75) is 107 Å². The molecule has 0 spiro atoms. The van der Waals surface area contributed by atoms with Crippen LogP contribution < -0.4 is 21.9 Å². The first-order chi connectivity index (χ1) is 27.5. The lowest BCUT2D eigenvalue weighted by Crippen LogP contribution is -2.63. The van der Waals surface area contributed by atoms with Crippen LogP contribution in [-0.2, 0) is 36.7 Å². The van der Waals surface area contributed by atoms with Gasteiger partial charge < -0.3 is 51.8 Å². The molecule has 2 amide bonds. The quantitative estimate of drug-likeness (QED) is 0.0745. The highest BCUT2D eigenvalue weighted by Gasteiger charge is 2.51. The summed E-state index contributed by atoms with van der Waals surface area (Å²) in [6.45, 7) is 2.98. The summed E-state index contributed by atoms with van der Waals surface area (Å²) >= 11 is 0. The Kier molecular flexibility index (Phi) is 12.5. The summed E-state index contributed by atoms with van der Waals surface area (Å²) in [5.74, 6) is -5.32. The van der Waals surface area contributed by atoms with E-state index in [4.69, 9.17) is 31.4 Å². The zero-order chi connectivity index (χ0) is 42.2. The van der Waals surface area contributed by atoms with Crippen LogP contribution in [-0.4, -0.2) is 110 Å². The summed E-state index contributed by atoms with van der Waals surface area (Å²) in [5.41, 5.74) is 15.3. The van der Waals surface area contributed by atoms with E-state index in [1.807, 2.05) is 0 Å². The van der Waals surface area contributed by atoms with E-state index in [-0.39, 0.29) is 47.3 Å². The fourth-order valence-electron chi connectivity index (χ4n) is 8.24. The van der Waals surface area contributed by atoms with E-state index in [0.717, 1.165) is 17.4 Å². The molecule has 3 aliphatic rings. The molecule has 8 atom stereocenters. The van der Waals surface area contributed by atoms with Crippen LogP contribution in [0.25, 0.3) is 0 Å². The normalized spacial score (nSPS) is 24.9. The molecule has 1 fully saturated rings. The average Bonchev–Trinajstić information content (AvgIpc) is 3.19. The molecular weight excluding hydrogens is 752 g/mol. The zero-order valence-corrected chi connectivity index (χ0v) is 32.6. The van der Waals surface area contributed by atoms with Crippen molar-refractivity contribution in [1.82, 2.24) is 4.90 Å². The Labute approximate surface area is 334 Å². The van der Waals surface area contributed by atoms with Crippen LogP contribution in [0.1, 0.15) is 101 Å². The van der Waals surface area contributed by atoms with Crippen molar-refractivity contribution in [2.75, 3.05) is 13.7 Å². The summed E-state index contributed by atoms with van der Waals surface area (Å²) < 4.78 is 17.8. The van der Waals surface area contributed by atoms with Crippen molar-refractivity contribution in [2.24, 2.45) is 17.2 Å². The Balaban J connectivity index is 1.39. The van der Waals surface area contributed by atoms with Crippen molar-refractivity contribution in [3.05, 3.63) is 87.5 Å². The number of nitrogens with zero attached hydrogens (tertiary/aromatic N) is 1. The van der Waals surface area contributed by atoms with Gasteiger partial charge in [-0.1, -0.05) is 48.9 Å². The number of carbonyl (C=O) groups excluding carboxylic acids is 5. The van der Waals surface area contributed by atoms with Crippen molar-refractivity contribution in [3.63, 3.8) is 0 Å². The second-order valence-corrected chi connectivity index (χ2v) is 15.3. The number of aliphatic hydroxyl groups excluding tert-OH is 1. The first kappa shape index (κ1) is 42.5. The van der Waals surface area contributed by atoms with Crippen molar-refractivity contribution >= 4 is 29.2 Å². The number of ketones is 3. The lowest BCUT2D eigenvalue weighted by atomic mass is 9.72. The lowest BCUT2D eigenvalue weighted by molar-refractivity contribution is -0.256. The molecule has 4 unspecified atom stereocenters. The fraction of sp³-hybridized carbons (Fsp3) is 0.452. The molecule has 1 aliphatic heterocycles. The monoisotopic (exact) mass is 802 g/mol. The number of rotatable bonds is 13. The highest BCUT2D eigenvalue weighted by molar-refractivity contribution is 6.31. The van der Waals surface area contributed by atoms with Crippen LogP contribution in [0.4, 0.5) is 0 Å². The Morgan fingerprint density at radius 3 is 2.28 bits per heavy atom. The van der Waals surface area contributed by atoms with E-state index >= 15 is 0 Å². The number of Topliss-reactive ketones (excluding diaryl/α,β-unsaturated/α-hetero) is 1. The largest absolute Gasteiger partial charge is 0.507 e. The van der Waals surface area contributed by atoms with Gasteiger partial charge in [0, 0.05) is 36.0 Å². The summed E-state index contributed by atoms with van der Waals surface area (Å²) in [6.07, 6.45) is -5.50. The third-order valence-corrected chi connectivity index (χ3v) is 11.4. The molecule has 6 rings (SSSR count). The minimum absolute atomic E-state index is 0.0577. The Morgan fingerprint density at radius 1 is 0.948 bits per heavy atom.